The lowest BCUT2D eigenvalue weighted by Gasteiger charge is -2.36. The highest BCUT2D eigenvalue weighted by Gasteiger charge is 2.33. The van der Waals surface area contributed by atoms with Crippen LogP contribution in [0.2, 0.25) is 0 Å². The van der Waals surface area contributed by atoms with Gasteiger partial charge in [0.1, 0.15) is 0 Å². The van der Waals surface area contributed by atoms with Gasteiger partial charge in [0.15, 0.2) is 5.82 Å². The number of benzene rings is 1. The van der Waals surface area contributed by atoms with Gasteiger partial charge >= 0.3 is 0 Å². The molecule has 2 aliphatic heterocycles. The Hall–Kier alpha value is -2.37. The average Bonchev–Trinajstić information content (AvgIpc) is 3.13. The molecule has 1 aromatic heterocycles. The molecule has 2 aromatic rings. The lowest BCUT2D eigenvalue weighted by atomic mass is 9.94. The molecule has 3 aliphatic rings. The Bertz CT molecular complexity index is 944. The highest BCUT2D eigenvalue weighted by atomic mass is 16.2. The maximum atomic E-state index is 13.2. The molecule has 0 N–H and O–H groups in total. The number of hydrogen-bond acceptors (Lipinski definition) is 3. The van der Waals surface area contributed by atoms with Crippen LogP contribution in [0.1, 0.15) is 72.8 Å². The molecule has 29 heavy (non-hydrogen) atoms. The van der Waals surface area contributed by atoms with E-state index < -0.39 is 0 Å². The monoisotopic (exact) mass is 394 g/mol. The van der Waals surface area contributed by atoms with E-state index in [1.165, 1.54) is 25.7 Å². The Balaban J connectivity index is 1.42. The van der Waals surface area contributed by atoms with Crippen molar-refractivity contribution in [1.29, 1.82) is 0 Å². The standard InChI is InChI=1S/C23H30N4O2/c1-16-6-5-11-25(15-16)22(28)17-9-10-20-19(14-17)24-21-23(29)26(12-13-27(20)21)18-7-3-2-4-8-18/h9-10,14,16,18H,2-8,11-13,15H2,1H3/t16-/m0/s1. The van der Waals surface area contributed by atoms with Crippen molar-refractivity contribution in [3.8, 4) is 0 Å². The van der Waals surface area contributed by atoms with Gasteiger partial charge in [-0.05, 0) is 49.8 Å². The Morgan fingerprint density at radius 2 is 1.86 bits per heavy atom. The van der Waals surface area contributed by atoms with E-state index in [1.807, 2.05) is 32.6 Å². The molecule has 154 valence electrons. The van der Waals surface area contributed by atoms with Crippen LogP contribution in [-0.4, -0.2) is 56.8 Å². The number of rotatable bonds is 2. The molecule has 5 rings (SSSR count). The molecule has 1 saturated carbocycles. The van der Waals surface area contributed by atoms with Crippen LogP contribution in [0, 0.1) is 5.92 Å². The van der Waals surface area contributed by atoms with E-state index >= 15 is 0 Å². The number of carbonyl (C=O) groups is 2. The fourth-order valence-corrected chi connectivity index (χ4v) is 5.39. The summed E-state index contributed by atoms with van der Waals surface area (Å²) in [6, 6.07) is 6.11. The minimum Gasteiger partial charge on any atom is -0.338 e. The van der Waals surface area contributed by atoms with Gasteiger partial charge in [-0.25, -0.2) is 4.98 Å². The second-order valence-corrected chi connectivity index (χ2v) is 9.08. The molecule has 1 atom stereocenters. The van der Waals surface area contributed by atoms with Crippen LogP contribution in [0.4, 0.5) is 0 Å². The third-order valence-corrected chi connectivity index (χ3v) is 6.97. The van der Waals surface area contributed by atoms with E-state index in [1.54, 1.807) is 0 Å². The van der Waals surface area contributed by atoms with Gasteiger partial charge < -0.3 is 14.4 Å². The first kappa shape index (κ1) is 18.6. The Kier molecular flexibility index (Phi) is 4.80. The van der Waals surface area contributed by atoms with Crippen LogP contribution in [-0.2, 0) is 6.54 Å². The summed E-state index contributed by atoms with van der Waals surface area (Å²) in [5.74, 6) is 1.23. The van der Waals surface area contributed by atoms with Gasteiger partial charge in [-0.15, -0.1) is 0 Å². The summed E-state index contributed by atoms with van der Waals surface area (Å²) in [7, 11) is 0. The molecule has 0 radical (unpaired) electrons. The first-order chi connectivity index (χ1) is 14.1. The third kappa shape index (κ3) is 3.32. The molecule has 1 saturated heterocycles. The fraction of sp³-hybridized carbons (Fsp3) is 0.609. The zero-order chi connectivity index (χ0) is 20.0. The van der Waals surface area contributed by atoms with E-state index in [-0.39, 0.29) is 11.8 Å². The van der Waals surface area contributed by atoms with Crippen LogP contribution in [0.15, 0.2) is 18.2 Å². The van der Waals surface area contributed by atoms with Crippen LogP contribution in [0.5, 0.6) is 0 Å². The summed E-state index contributed by atoms with van der Waals surface area (Å²) >= 11 is 0. The lowest BCUT2D eigenvalue weighted by molar-refractivity contribution is 0.0565. The maximum Gasteiger partial charge on any atom is 0.290 e. The number of likely N-dealkylation sites (tertiary alicyclic amines) is 1. The predicted molar refractivity (Wildman–Crippen MR) is 112 cm³/mol. The number of piperidine rings is 1. The second-order valence-electron chi connectivity index (χ2n) is 9.08. The maximum absolute atomic E-state index is 13.2. The summed E-state index contributed by atoms with van der Waals surface area (Å²) in [6.45, 7) is 5.40. The number of imidazole rings is 1. The van der Waals surface area contributed by atoms with Crippen molar-refractivity contribution >= 4 is 22.8 Å². The predicted octanol–water partition coefficient (Wildman–Crippen LogP) is 3.70. The fourth-order valence-electron chi connectivity index (χ4n) is 5.39. The van der Waals surface area contributed by atoms with Crippen molar-refractivity contribution < 1.29 is 9.59 Å². The van der Waals surface area contributed by atoms with Crippen LogP contribution in [0.25, 0.3) is 11.0 Å². The van der Waals surface area contributed by atoms with Crippen molar-refractivity contribution in [3.63, 3.8) is 0 Å². The van der Waals surface area contributed by atoms with Gasteiger partial charge in [0.05, 0.1) is 11.0 Å². The lowest BCUT2D eigenvalue weighted by Crippen LogP contribution is -2.47. The summed E-state index contributed by atoms with van der Waals surface area (Å²) in [5.41, 5.74) is 2.40. The van der Waals surface area contributed by atoms with Gasteiger partial charge in [0.2, 0.25) is 0 Å². The second kappa shape index (κ2) is 7.47. The first-order valence-corrected chi connectivity index (χ1v) is 11.2. The number of carbonyl (C=O) groups excluding carboxylic acids is 2. The topological polar surface area (TPSA) is 58.4 Å². The van der Waals surface area contributed by atoms with Gasteiger partial charge in [0.25, 0.3) is 11.8 Å². The Morgan fingerprint density at radius 3 is 2.66 bits per heavy atom. The number of hydrogen-bond donors (Lipinski definition) is 0. The van der Waals surface area contributed by atoms with Crippen molar-refractivity contribution in [2.24, 2.45) is 5.92 Å². The zero-order valence-electron chi connectivity index (χ0n) is 17.3. The van der Waals surface area contributed by atoms with Crippen molar-refractivity contribution in [1.82, 2.24) is 19.4 Å². The van der Waals surface area contributed by atoms with E-state index in [4.69, 9.17) is 0 Å². The third-order valence-electron chi connectivity index (χ3n) is 6.97. The normalized spacial score (nSPS) is 23.5. The summed E-state index contributed by atoms with van der Waals surface area (Å²) < 4.78 is 2.04. The molecule has 2 amide bonds. The number of amides is 2. The summed E-state index contributed by atoms with van der Waals surface area (Å²) in [6.07, 6.45) is 8.19. The molecule has 0 unspecified atom stereocenters. The summed E-state index contributed by atoms with van der Waals surface area (Å²) in [5, 5.41) is 0. The van der Waals surface area contributed by atoms with Gasteiger partial charge in [0, 0.05) is 37.8 Å². The van der Waals surface area contributed by atoms with Crippen molar-refractivity contribution in [3.05, 3.63) is 29.6 Å². The van der Waals surface area contributed by atoms with E-state index in [2.05, 4.69) is 11.9 Å². The van der Waals surface area contributed by atoms with Crippen LogP contribution < -0.4 is 0 Å². The highest BCUT2D eigenvalue weighted by molar-refractivity contribution is 6.00. The Morgan fingerprint density at radius 1 is 1.03 bits per heavy atom. The molecule has 3 heterocycles. The molecule has 6 heteroatoms. The summed E-state index contributed by atoms with van der Waals surface area (Å²) in [4.78, 5) is 34.8. The molecule has 2 fully saturated rings. The minimum atomic E-state index is 0.0529. The molecule has 0 spiro atoms. The van der Waals surface area contributed by atoms with Crippen LogP contribution >= 0.6 is 0 Å². The number of fused-ring (bicyclic) bond motifs is 3. The largest absolute Gasteiger partial charge is 0.338 e. The molecule has 6 nitrogen and oxygen atoms in total. The smallest absolute Gasteiger partial charge is 0.290 e. The van der Waals surface area contributed by atoms with Gasteiger partial charge in [-0.2, -0.15) is 0 Å². The highest BCUT2D eigenvalue weighted by Crippen LogP contribution is 2.28. The molecule has 0 bridgehead atoms. The van der Waals surface area contributed by atoms with Crippen molar-refractivity contribution in [2.45, 2.75) is 64.5 Å². The minimum absolute atomic E-state index is 0.0529. The molecular formula is C23H30N4O2. The Labute approximate surface area is 171 Å². The average molecular weight is 395 g/mol. The zero-order valence-corrected chi connectivity index (χ0v) is 17.3. The van der Waals surface area contributed by atoms with E-state index in [0.717, 1.165) is 56.5 Å². The number of aromatic nitrogens is 2. The number of nitrogens with zero attached hydrogens (tertiary/aromatic N) is 4. The van der Waals surface area contributed by atoms with E-state index in [9.17, 15) is 9.59 Å². The first-order valence-electron chi connectivity index (χ1n) is 11.2. The van der Waals surface area contributed by atoms with Gasteiger partial charge in [-0.1, -0.05) is 26.2 Å². The molecule has 1 aromatic carbocycles. The van der Waals surface area contributed by atoms with Crippen molar-refractivity contribution in [2.75, 3.05) is 19.6 Å². The van der Waals surface area contributed by atoms with E-state index in [0.29, 0.717) is 23.3 Å². The molecular weight excluding hydrogens is 364 g/mol. The van der Waals surface area contributed by atoms with Gasteiger partial charge in [-0.3, -0.25) is 9.59 Å². The quantitative estimate of drug-likeness (QED) is 0.780. The SMILES string of the molecule is C[C@H]1CCCN(C(=O)c2ccc3c(c2)nc2n3CCN(C3CCCCC3)C2=O)C1. The van der Waals surface area contributed by atoms with Crippen LogP contribution in [0.3, 0.4) is 0 Å². The molecule has 1 aliphatic carbocycles.